The van der Waals surface area contributed by atoms with E-state index in [1.165, 1.54) is 27.4 Å². The molecule has 1 saturated heterocycles. The average molecular weight is 436 g/mol. The molecule has 0 amide bonds. The van der Waals surface area contributed by atoms with Gasteiger partial charge in [-0.25, -0.2) is 9.37 Å². The molecule has 162 valence electrons. The Labute approximate surface area is 179 Å². The topological polar surface area (TPSA) is 131 Å². The van der Waals surface area contributed by atoms with Crippen LogP contribution in [0.1, 0.15) is 37.1 Å². The van der Waals surface area contributed by atoms with Gasteiger partial charge in [0.15, 0.2) is 0 Å². The predicted octanol–water partition coefficient (Wildman–Crippen LogP) is 1.87. The molecule has 1 atom stereocenters. The van der Waals surface area contributed by atoms with Crippen LogP contribution in [0, 0.1) is 17.1 Å². The average Bonchev–Trinajstić information content (AvgIpc) is 3.25. The lowest BCUT2D eigenvalue weighted by Crippen LogP contribution is -2.29. The van der Waals surface area contributed by atoms with Gasteiger partial charge in [-0.3, -0.25) is 9.20 Å². The molecule has 2 aliphatic rings. The van der Waals surface area contributed by atoms with E-state index in [0.29, 0.717) is 25.0 Å². The molecule has 1 unspecified atom stereocenters. The Morgan fingerprint density at radius 3 is 2.91 bits per heavy atom. The maximum absolute atomic E-state index is 14.5. The molecule has 6 rings (SSSR count). The molecule has 0 radical (unpaired) electrons. The number of aromatic nitrogens is 5. The van der Waals surface area contributed by atoms with Gasteiger partial charge in [-0.2, -0.15) is 10.2 Å². The SMILES string of the molecule is N#Cc1c(F)ccc2c1n(CC1CCCO1)c(=O)c1c(-c3noc(C4(O)CC4)n3)ncn12. The van der Waals surface area contributed by atoms with Crippen molar-refractivity contribution in [2.75, 3.05) is 6.61 Å². The summed E-state index contributed by atoms with van der Waals surface area (Å²) in [6.07, 6.45) is 3.87. The number of rotatable bonds is 4. The van der Waals surface area contributed by atoms with E-state index >= 15 is 0 Å². The van der Waals surface area contributed by atoms with Crippen LogP contribution in [-0.2, 0) is 16.9 Å². The van der Waals surface area contributed by atoms with Crippen LogP contribution in [0.15, 0.2) is 27.8 Å². The first-order chi connectivity index (χ1) is 15.5. The first-order valence-electron chi connectivity index (χ1n) is 10.3. The second-order valence-electron chi connectivity index (χ2n) is 8.22. The largest absolute Gasteiger partial charge is 0.380 e. The summed E-state index contributed by atoms with van der Waals surface area (Å²) in [7, 11) is 0. The minimum atomic E-state index is -1.12. The van der Waals surface area contributed by atoms with Crippen molar-refractivity contribution in [2.45, 2.75) is 43.9 Å². The number of nitriles is 1. The quantitative estimate of drug-likeness (QED) is 0.513. The highest BCUT2D eigenvalue weighted by molar-refractivity contribution is 5.87. The van der Waals surface area contributed by atoms with E-state index in [0.717, 1.165) is 12.8 Å². The highest BCUT2D eigenvalue weighted by atomic mass is 19.1. The van der Waals surface area contributed by atoms with Crippen molar-refractivity contribution >= 4 is 16.6 Å². The summed E-state index contributed by atoms with van der Waals surface area (Å²) >= 11 is 0. The summed E-state index contributed by atoms with van der Waals surface area (Å²) in [4.78, 5) is 22.2. The fraction of sp³-hybridized carbons (Fsp3) is 0.381. The Morgan fingerprint density at radius 2 is 2.19 bits per heavy atom. The summed E-state index contributed by atoms with van der Waals surface area (Å²) < 4.78 is 28.3. The number of ether oxygens (including phenoxy) is 1. The number of aliphatic hydroxyl groups is 1. The third kappa shape index (κ3) is 2.70. The van der Waals surface area contributed by atoms with Gasteiger partial charge in [0.1, 0.15) is 40.6 Å². The van der Waals surface area contributed by atoms with Gasteiger partial charge in [-0.15, -0.1) is 0 Å². The second-order valence-corrected chi connectivity index (χ2v) is 8.22. The zero-order valence-corrected chi connectivity index (χ0v) is 16.8. The molecule has 1 aliphatic heterocycles. The molecule has 32 heavy (non-hydrogen) atoms. The molecule has 1 N–H and O–H groups in total. The van der Waals surface area contributed by atoms with Crippen molar-refractivity contribution in [1.82, 2.24) is 24.1 Å². The van der Waals surface area contributed by atoms with Crippen LogP contribution < -0.4 is 5.56 Å². The van der Waals surface area contributed by atoms with Crippen molar-refractivity contribution < 1.29 is 18.8 Å². The molecule has 11 heteroatoms. The maximum atomic E-state index is 14.5. The first kappa shape index (κ1) is 19.1. The number of hydrogen-bond acceptors (Lipinski definition) is 8. The monoisotopic (exact) mass is 436 g/mol. The Balaban J connectivity index is 1.63. The molecule has 0 spiro atoms. The number of halogens is 1. The van der Waals surface area contributed by atoms with E-state index in [4.69, 9.17) is 9.26 Å². The fourth-order valence-electron chi connectivity index (χ4n) is 4.27. The molecular formula is C21H17FN6O4. The summed E-state index contributed by atoms with van der Waals surface area (Å²) in [5, 5.41) is 23.8. The number of imidazole rings is 1. The Hall–Kier alpha value is -3.62. The van der Waals surface area contributed by atoms with E-state index in [9.17, 15) is 19.6 Å². The van der Waals surface area contributed by atoms with E-state index < -0.39 is 17.0 Å². The van der Waals surface area contributed by atoms with Gasteiger partial charge >= 0.3 is 0 Å². The highest BCUT2D eigenvalue weighted by Gasteiger charge is 2.48. The number of fused-ring (bicyclic) bond motifs is 3. The fourth-order valence-corrected chi connectivity index (χ4v) is 4.27. The normalized spacial score (nSPS) is 19.6. The molecule has 4 heterocycles. The second kappa shape index (κ2) is 6.69. The van der Waals surface area contributed by atoms with Crippen LogP contribution in [0.25, 0.3) is 28.1 Å². The molecule has 3 aromatic heterocycles. The van der Waals surface area contributed by atoms with Crippen molar-refractivity contribution in [3.05, 3.63) is 46.1 Å². The maximum Gasteiger partial charge on any atom is 0.277 e. The molecule has 1 aromatic carbocycles. The third-order valence-corrected chi connectivity index (χ3v) is 6.13. The minimum Gasteiger partial charge on any atom is -0.380 e. The summed E-state index contributed by atoms with van der Waals surface area (Å²) in [5.41, 5.74) is -0.829. The lowest BCUT2D eigenvalue weighted by molar-refractivity contribution is 0.0972. The van der Waals surface area contributed by atoms with E-state index in [1.54, 1.807) is 0 Å². The zero-order valence-electron chi connectivity index (χ0n) is 16.8. The van der Waals surface area contributed by atoms with Crippen molar-refractivity contribution in [3.8, 4) is 17.6 Å². The predicted molar refractivity (Wildman–Crippen MR) is 107 cm³/mol. The first-order valence-corrected chi connectivity index (χ1v) is 10.3. The summed E-state index contributed by atoms with van der Waals surface area (Å²) in [6, 6.07) is 4.58. The smallest absolute Gasteiger partial charge is 0.277 e. The third-order valence-electron chi connectivity index (χ3n) is 6.13. The van der Waals surface area contributed by atoms with Crippen molar-refractivity contribution in [3.63, 3.8) is 0 Å². The summed E-state index contributed by atoms with van der Waals surface area (Å²) in [6.45, 7) is 0.761. The molecule has 0 bridgehead atoms. The summed E-state index contributed by atoms with van der Waals surface area (Å²) in [5.74, 6) is -0.547. The van der Waals surface area contributed by atoms with Crippen LogP contribution in [-0.4, -0.2) is 41.9 Å². The van der Waals surface area contributed by atoms with Crippen LogP contribution in [0.4, 0.5) is 4.39 Å². The van der Waals surface area contributed by atoms with Crippen LogP contribution >= 0.6 is 0 Å². The molecule has 1 saturated carbocycles. The van der Waals surface area contributed by atoms with Gasteiger partial charge in [-0.05, 0) is 37.8 Å². The highest BCUT2D eigenvalue weighted by Crippen LogP contribution is 2.44. The molecule has 10 nitrogen and oxygen atoms in total. The van der Waals surface area contributed by atoms with E-state index in [2.05, 4.69) is 15.1 Å². The molecule has 4 aromatic rings. The lowest BCUT2D eigenvalue weighted by Gasteiger charge is -2.17. The van der Waals surface area contributed by atoms with Crippen LogP contribution in [0.3, 0.4) is 0 Å². The zero-order chi connectivity index (χ0) is 22.0. The van der Waals surface area contributed by atoms with Gasteiger partial charge < -0.3 is 18.9 Å². The Kier molecular flexibility index (Phi) is 3.99. The number of hydrogen-bond donors (Lipinski definition) is 1. The number of benzene rings is 1. The minimum absolute atomic E-state index is 0.0746. The van der Waals surface area contributed by atoms with Gasteiger partial charge in [0, 0.05) is 6.61 Å². The molecule has 1 aliphatic carbocycles. The van der Waals surface area contributed by atoms with E-state index in [1.807, 2.05) is 6.07 Å². The van der Waals surface area contributed by atoms with Crippen molar-refractivity contribution in [1.29, 1.82) is 5.26 Å². The van der Waals surface area contributed by atoms with E-state index in [-0.39, 0.29) is 46.7 Å². The lowest BCUT2D eigenvalue weighted by atomic mass is 10.1. The van der Waals surface area contributed by atoms with Crippen molar-refractivity contribution in [2.24, 2.45) is 0 Å². The van der Waals surface area contributed by atoms with Gasteiger partial charge in [0.2, 0.25) is 5.82 Å². The standard InChI is InChI=1S/C21H17FN6O4/c22-13-3-4-14-16(12(13)8-23)27(9-11-2-1-7-31-11)19(29)17-15(24-10-28(14)17)18-25-20(32-26-18)21(30)5-6-21/h3-4,10-11,30H,1-2,5-7,9H2. The van der Waals surface area contributed by atoms with Gasteiger partial charge in [0.05, 0.1) is 23.7 Å². The molecular weight excluding hydrogens is 419 g/mol. The van der Waals surface area contributed by atoms with Crippen LogP contribution in [0.5, 0.6) is 0 Å². The molecule has 2 fully saturated rings. The van der Waals surface area contributed by atoms with Gasteiger partial charge in [0.25, 0.3) is 11.4 Å². The Morgan fingerprint density at radius 1 is 1.34 bits per heavy atom. The van der Waals surface area contributed by atoms with Crippen LogP contribution in [0.2, 0.25) is 0 Å². The van der Waals surface area contributed by atoms with Gasteiger partial charge in [-0.1, -0.05) is 5.16 Å². The Bertz CT molecular complexity index is 1490. The number of nitrogens with zero attached hydrogens (tertiary/aromatic N) is 6.